The van der Waals surface area contributed by atoms with E-state index in [1.54, 1.807) is 13.2 Å². The lowest BCUT2D eigenvalue weighted by atomic mass is 10.2. The molecule has 0 aliphatic heterocycles. The molecule has 0 unspecified atom stereocenters. The van der Waals surface area contributed by atoms with Crippen LogP contribution in [0.3, 0.4) is 0 Å². The van der Waals surface area contributed by atoms with Gasteiger partial charge in [-0.1, -0.05) is 26.0 Å². The molecule has 0 fully saturated rings. The van der Waals surface area contributed by atoms with E-state index >= 15 is 0 Å². The van der Waals surface area contributed by atoms with E-state index in [-0.39, 0.29) is 5.69 Å². The average molecular weight is 297 g/mol. The molecule has 0 bridgehead atoms. The summed E-state index contributed by atoms with van der Waals surface area (Å²) in [7, 11) is 1.63. The molecule has 2 aromatic rings. The van der Waals surface area contributed by atoms with Crippen molar-refractivity contribution in [3.05, 3.63) is 41.4 Å². The number of nitrogens with zero attached hydrogens (tertiary/aromatic N) is 2. The van der Waals surface area contributed by atoms with Gasteiger partial charge in [-0.2, -0.15) is 10.2 Å². The van der Waals surface area contributed by atoms with Gasteiger partial charge in [0.05, 0.1) is 7.11 Å². The summed E-state index contributed by atoms with van der Waals surface area (Å²) in [5, 5.41) is 12.2. The summed E-state index contributed by atoms with van der Waals surface area (Å²) >= 11 is 0. The molecule has 1 aromatic heterocycles. The Labute approximate surface area is 130 Å². The third-order valence-electron chi connectivity index (χ3n) is 2.93. The second kappa shape index (κ2) is 7.32. The third-order valence-corrected chi connectivity index (χ3v) is 2.93. The molecule has 0 spiro atoms. The molecule has 0 aliphatic carbocycles. The molecule has 5 nitrogen and oxygen atoms in total. The molecule has 5 heteroatoms. The minimum atomic E-state index is 0.269. The minimum Gasteiger partial charge on any atom is -0.497 e. The van der Waals surface area contributed by atoms with Crippen LogP contribution in [0.4, 0.5) is 5.88 Å². The van der Waals surface area contributed by atoms with Crippen LogP contribution >= 0.6 is 0 Å². The number of rotatable bonds is 6. The van der Waals surface area contributed by atoms with E-state index in [0.29, 0.717) is 17.7 Å². The topological polar surface area (TPSA) is 71.1 Å². The summed E-state index contributed by atoms with van der Waals surface area (Å²) in [6.07, 6.45) is 3.60. The van der Waals surface area contributed by atoms with Gasteiger partial charge < -0.3 is 14.5 Å². The first-order chi connectivity index (χ1) is 10.6. The molecule has 1 heterocycles. The van der Waals surface area contributed by atoms with Crippen molar-refractivity contribution in [1.29, 1.82) is 5.26 Å². The molecule has 0 saturated carbocycles. The fourth-order valence-electron chi connectivity index (χ4n) is 1.81. The number of ether oxygens (including phenoxy) is 1. The molecule has 114 valence electrons. The van der Waals surface area contributed by atoms with Crippen molar-refractivity contribution < 1.29 is 9.15 Å². The van der Waals surface area contributed by atoms with Crippen LogP contribution in [0.25, 0.3) is 12.2 Å². The van der Waals surface area contributed by atoms with Gasteiger partial charge in [-0.15, -0.1) is 0 Å². The second-order valence-electron chi connectivity index (χ2n) is 5.23. The fraction of sp³-hybridized carbons (Fsp3) is 0.294. The van der Waals surface area contributed by atoms with Crippen molar-refractivity contribution in [3.8, 4) is 11.8 Å². The van der Waals surface area contributed by atoms with Crippen molar-refractivity contribution in [3.63, 3.8) is 0 Å². The van der Waals surface area contributed by atoms with Gasteiger partial charge in [0.1, 0.15) is 11.8 Å². The van der Waals surface area contributed by atoms with E-state index in [4.69, 9.17) is 14.4 Å². The molecule has 0 aliphatic rings. The highest BCUT2D eigenvalue weighted by molar-refractivity contribution is 5.67. The van der Waals surface area contributed by atoms with Crippen molar-refractivity contribution in [2.45, 2.75) is 13.8 Å². The number of hydrogen-bond donors (Lipinski definition) is 1. The number of oxazole rings is 1. The summed E-state index contributed by atoms with van der Waals surface area (Å²) in [4.78, 5) is 4.16. The molecule has 0 atom stereocenters. The Kier molecular flexibility index (Phi) is 5.21. The zero-order chi connectivity index (χ0) is 15.9. The summed E-state index contributed by atoms with van der Waals surface area (Å²) in [6.45, 7) is 4.89. The van der Waals surface area contributed by atoms with Gasteiger partial charge in [0, 0.05) is 12.6 Å². The van der Waals surface area contributed by atoms with Crippen molar-refractivity contribution in [2.75, 3.05) is 19.0 Å². The summed E-state index contributed by atoms with van der Waals surface area (Å²) < 4.78 is 10.7. The van der Waals surface area contributed by atoms with Gasteiger partial charge in [-0.25, -0.2) is 0 Å². The quantitative estimate of drug-likeness (QED) is 0.878. The van der Waals surface area contributed by atoms with Gasteiger partial charge in [0.25, 0.3) is 0 Å². The maximum Gasteiger partial charge on any atom is 0.232 e. The first kappa shape index (κ1) is 15.6. The number of methoxy groups -OCH3 is 1. The SMILES string of the molecule is COc1cccc(C=Cc2nc(C#N)c(NCC(C)C)o2)c1. The Bertz CT molecular complexity index is 696. The minimum absolute atomic E-state index is 0.269. The van der Waals surface area contributed by atoms with Gasteiger partial charge in [-0.05, 0) is 29.7 Å². The zero-order valence-corrected chi connectivity index (χ0v) is 13.0. The Hall–Kier alpha value is -2.74. The van der Waals surface area contributed by atoms with Crippen LogP contribution < -0.4 is 10.1 Å². The van der Waals surface area contributed by atoms with Crippen molar-refractivity contribution in [2.24, 2.45) is 5.92 Å². The van der Waals surface area contributed by atoms with Crippen LogP contribution in [-0.2, 0) is 0 Å². The number of benzene rings is 1. The monoisotopic (exact) mass is 297 g/mol. The average Bonchev–Trinajstić information content (AvgIpc) is 2.93. The number of aromatic nitrogens is 1. The van der Waals surface area contributed by atoms with Gasteiger partial charge in [-0.3, -0.25) is 0 Å². The molecular formula is C17H19N3O2. The van der Waals surface area contributed by atoms with E-state index in [1.807, 2.05) is 36.4 Å². The second-order valence-corrected chi connectivity index (χ2v) is 5.23. The van der Waals surface area contributed by atoms with Crippen LogP contribution in [0.1, 0.15) is 31.0 Å². The van der Waals surface area contributed by atoms with Gasteiger partial charge in [0.2, 0.25) is 17.5 Å². The standard InChI is InChI=1S/C17H19N3O2/c1-12(2)11-19-17-15(10-18)20-16(22-17)8-7-13-5-4-6-14(9-13)21-3/h4-9,12,19H,11H2,1-3H3. The Balaban J connectivity index is 2.15. The number of nitriles is 1. The summed E-state index contributed by atoms with van der Waals surface area (Å²) in [5.41, 5.74) is 1.23. The lowest BCUT2D eigenvalue weighted by Crippen LogP contribution is -2.08. The van der Waals surface area contributed by atoms with Crippen LogP contribution in [0, 0.1) is 17.2 Å². The smallest absolute Gasteiger partial charge is 0.232 e. The highest BCUT2D eigenvalue weighted by Crippen LogP contribution is 2.20. The van der Waals surface area contributed by atoms with E-state index in [1.165, 1.54) is 0 Å². The van der Waals surface area contributed by atoms with E-state index in [0.717, 1.165) is 17.9 Å². The van der Waals surface area contributed by atoms with Crippen molar-refractivity contribution >= 4 is 18.0 Å². The number of anilines is 1. The maximum absolute atomic E-state index is 9.10. The lowest BCUT2D eigenvalue weighted by molar-refractivity contribution is 0.414. The summed E-state index contributed by atoms with van der Waals surface area (Å²) in [6, 6.07) is 9.68. The first-order valence-corrected chi connectivity index (χ1v) is 7.09. The van der Waals surface area contributed by atoms with E-state index in [9.17, 15) is 0 Å². The lowest BCUT2D eigenvalue weighted by Gasteiger charge is -2.04. The molecule has 0 radical (unpaired) electrons. The molecular weight excluding hydrogens is 278 g/mol. The molecule has 1 aromatic carbocycles. The predicted octanol–water partition coefficient (Wildman–Crippen LogP) is 3.79. The van der Waals surface area contributed by atoms with E-state index in [2.05, 4.69) is 24.1 Å². The zero-order valence-electron chi connectivity index (χ0n) is 13.0. The molecule has 1 N–H and O–H groups in total. The highest BCUT2D eigenvalue weighted by Gasteiger charge is 2.11. The Morgan fingerprint density at radius 3 is 2.91 bits per heavy atom. The van der Waals surface area contributed by atoms with Gasteiger partial charge in [0.15, 0.2) is 0 Å². The van der Waals surface area contributed by atoms with Crippen LogP contribution in [0.2, 0.25) is 0 Å². The van der Waals surface area contributed by atoms with E-state index < -0.39 is 0 Å². The fourth-order valence-corrected chi connectivity index (χ4v) is 1.81. The first-order valence-electron chi connectivity index (χ1n) is 7.09. The maximum atomic E-state index is 9.10. The largest absolute Gasteiger partial charge is 0.497 e. The normalized spacial score (nSPS) is 10.9. The van der Waals surface area contributed by atoms with Crippen LogP contribution in [0.15, 0.2) is 28.7 Å². The highest BCUT2D eigenvalue weighted by atomic mass is 16.5. The van der Waals surface area contributed by atoms with Gasteiger partial charge >= 0.3 is 0 Å². The van der Waals surface area contributed by atoms with Crippen LogP contribution in [-0.4, -0.2) is 18.6 Å². The molecule has 0 amide bonds. The number of nitrogens with one attached hydrogen (secondary N) is 1. The molecule has 22 heavy (non-hydrogen) atoms. The molecule has 0 saturated heterocycles. The Morgan fingerprint density at radius 1 is 1.41 bits per heavy atom. The number of hydrogen-bond acceptors (Lipinski definition) is 5. The van der Waals surface area contributed by atoms with Crippen LogP contribution in [0.5, 0.6) is 5.75 Å². The van der Waals surface area contributed by atoms with Crippen molar-refractivity contribution in [1.82, 2.24) is 4.98 Å². The predicted molar refractivity (Wildman–Crippen MR) is 86.5 cm³/mol. The molecule has 2 rings (SSSR count). The summed E-state index contributed by atoms with van der Waals surface area (Å²) in [5.74, 6) is 2.05. The Morgan fingerprint density at radius 2 is 2.23 bits per heavy atom. The third kappa shape index (κ3) is 4.13.